The van der Waals surface area contributed by atoms with Crippen LogP contribution in [0.3, 0.4) is 0 Å². The Morgan fingerprint density at radius 2 is 2.06 bits per heavy atom. The molecular formula is C23H24N6O2. The minimum Gasteiger partial charge on any atom is -0.496 e. The maximum absolute atomic E-state index is 12.5. The lowest BCUT2D eigenvalue weighted by atomic mass is 10.0. The van der Waals surface area contributed by atoms with Crippen LogP contribution in [0.5, 0.6) is 5.75 Å². The van der Waals surface area contributed by atoms with Crippen LogP contribution in [0.1, 0.15) is 21.5 Å². The average molecular weight is 416 g/mol. The van der Waals surface area contributed by atoms with Crippen molar-refractivity contribution >= 4 is 17.7 Å². The molecule has 3 aromatic rings. The van der Waals surface area contributed by atoms with Crippen molar-refractivity contribution in [2.45, 2.75) is 6.92 Å². The predicted octanol–water partition coefficient (Wildman–Crippen LogP) is 3.07. The highest BCUT2D eigenvalue weighted by Gasteiger charge is 2.12. The minimum atomic E-state index is -0.346. The first kappa shape index (κ1) is 21.5. The molecule has 158 valence electrons. The van der Waals surface area contributed by atoms with E-state index in [1.165, 1.54) is 18.6 Å². The SMILES string of the molecule is C=C(/C=N\C(=C/N)NC(=O)c1cnccc1C)c1cc(-c2cnn(C)c2)ccc1OC. The highest BCUT2D eigenvalue weighted by atomic mass is 16.5. The van der Waals surface area contributed by atoms with Gasteiger partial charge in [0.25, 0.3) is 5.91 Å². The molecule has 0 aliphatic carbocycles. The molecule has 0 fully saturated rings. The molecule has 0 unspecified atom stereocenters. The summed E-state index contributed by atoms with van der Waals surface area (Å²) in [6.07, 6.45) is 9.58. The minimum absolute atomic E-state index is 0.191. The highest BCUT2D eigenvalue weighted by Crippen LogP contribution is 2.30. The van der Waals surface area contributed by atoms with Gasteiger partial charge in [0, 0.05) is 49.2 Å². The van der Waals surface area contributed by atoms with E-state index < -0.39 is 0 Å². The molecule has 0 radical (unpaired) electrons. The number of aryl methyl sites for hydroxylation is 2. The number of hydrogen-bond donors (Lipinski definition) is 2. The van der Waals surface area contributed by atoms with Gasteiger partial charge in [0.15, 0.2) is 0 Å². The van der Waals surface area contributed by atoms with Gasteiger partial charge in [-0.25, -0.2) is 4.99 Å². The molecule has 0 spiro atoms. The summed E-state index contributed by atoms with van der Waals surface area (Å²) in [6, 6.07) is 7.52. The molecule has 2 heterocycles. The first-order valence-corrected chi connectivity index (χ1v) is 9.47. The molecule has 0 atom stereocenters. The molecule has 1 aromatic carbocycles. The van der Waals surface area contributed by atoms with E-state index in [1.807, 2.05) is 38.4 Å². The molecule has 31 heavy (non-hydrogen) atoms. The summed E-state index contributed by atoms with van der Waals surface area (Å²) in [5.74, 6) is 0.496. The van der Waals surface area contributed by atoms with Crippen LogP contribution in [0.25, 0.3) is 16.7 Å². The number of methoxy groups -OCH3 is 1. The molecule has 2 aromatic heterocycles. The van der Waals surface area contributed by atoms with Gasteiger partial charge in [0.1, 0.15) is 11.6 Å². The first-order chi connectivity index (χ1) is 14.9. The van der Waals surface area contributed by atoms with E-state index >= 15 is 0 Å². The zero-order chi connectivity index (χ0) is 22.4. The third-order valence-corrected chi connectivity index (χ3v) is 4.63. The van der Waals surface area contributed by atoms with Crippen LogP contribution in [-0.2, 0) is 7.05 Å². The van der Waals surface area contributed by atoms with E-state index in [2.05, 4.69) is 27.0 Å². The van der Waals surface area contributed by atoms with Crippen molar-refractivity contribution in [3.63, 3.8) is 0 Å². The maximum Gasteiger partial charge on any atom is 0.258 e. The van der Waals surface area contributed by atoms with Crippen molar-refractivity contribution in [3.8, 4) is 16.9 Å². The van der Waals surface area contributed by atoms with Gasteiger partial charge in [0.05, 0.1) is 18.9 Å². The Hall–Kier alpha value is -4.20. The monoisotopic (exact) mass is 416 g/mol. The average Bonchev–Trinajstić information content (AvgIpc) is 3.22. The fourth-order valence-corrected chi connectivity index (χ4v) is 2.93. The number of hydrogen-bond acceptors (Lipinski definition) is 6. The van der Waals surface area contributed by atoms with Crippen LogP contribution in [0.4, 0.5) is 0 Å². The summed E-state index contributed by atoms with van der Waals surface area (Å²) in [5, 5.41) is 6.89. The van der Waals surface area contributed by atoms with Crippen molar-refractivity contribution < 1.29 is 9.53 Å². The van der Waals surface area contributed by atoms with Gasteiger partial charge >= 0.3 is 0 Å². The van der Waals surface area contributed by atoms with E-state index in [0.29, 0.717) is 16.9 Å². The van der Waals surface area contributed by atoms with E-state index in [1.54, 1.807) is 30.3 Å². The van der Waals surface area contributed by atoms with Crippen molar-refractivity contribution in [2.75, 3.05) is 7.11 Å². The second-order valence-corrected chi connectivity index (χ2v) is 6.80. The van der Waals surface area contributed by atoms with E-state index in [-0.39, 0.29) is 11.7 Å². The van der Waals surface area contributed by atoms with Gasteiger partial charge in [-0.1, -0.05) is 12.6 Å². The third kappa shape index (κ3) is 5.05. The Balaban J connectivity index is 1.80. The second kappa shape index (κ2) is 9.53. The van der Waals surface area contributed by atoms with Crippen LogP contribution in [-0.4, -0.2) is 34.0 Å². The van der Waals surface area contributed by atoms with Crippen LogP contribution in [0.2, 0.25) is 0 Å². The lowest BCUT2D eigenvalue weighted by Gasteiger charge is -2.11. The van der Waals surface area contributed by atoms with E-state index in [0.717, 1.165) is 22.3 Å². The van der Waals surface area contributed by atoms with Crippen LogP contribution in [0.15, 0.2) is 72.6 Å². The smallest absolute Gasteiger partial charge is 0.258 e. The molecule has 3 N–H and O–H groups in total. The van der Waals surface area contributed by atoms with Crippen LogP contribution < -0.4 is 15.8 Å². The number of allylic oxidation sites excluding steroid dienone is 1. The first-order valence-electron chi connectivity index (χ1n) is 9.47. The molecule has 3 rings (SSSR count). The van der Waals surface area contributed by atoms with Gasteiger partial charge in [-0.15, -0.1) is 0 Å². The van der Waals surface area contributed by atoms with Crippen molar-refractivity contribution in [1.82, 2.24) is 20.1 Å². The second-order valence-electron chi connectivity index (χ2n) is 6.80. The van der Waals surface area contributed by atoms with Gasteiger partial charge in [-0.05, 0) is 41.8 Å². The number of ether oxygens (including phenoxy) is 1. The van der Waals surface area contributed by atoms with E-state index in [9.17, 15) is 4.79 Å². The quantitative estimate of drug-likeness (QED) is 0.576. The number of rotatable bonds is 7. The predicted molar refractivity (Wildman–Crippen MR) is 121 cm³/mol. The summed E-state index contributed by atoms with van der Waals surface area (Å²) in [6.45, 7) is 5.92. The molecule has 8 nitrogen and oxygen atoms in total. The summed E-state index contributed by atoms with van der Waals surface area (Å²) >= 11 is 0. The number of aliphatic imine (C=N–C) groups is 1. The topological polar surface area (TPSA) is 107 Å². The number of nitrogens with zero attached hydrogens (tertiary/aromatic N) is 4. The molecule has 0 saturated heterocycles. The Kier molecular flexibility index (Phi) is 6.61. The molecule has 0 saturated carbocycles. The highest BCUT2D eigenvalue weighted by molar-refractivity contribution is 6.10. The Labute approximate surface area is 180 Å². The molecule has 0 bridgehead atoms. The Morgan fingerprint density at radius 1 is 1.26 bits per heavy atom. The van der Waals surface area contributed by atoms with Gasteiger partial charge in [-0.2, -0.15) is 5.10 Å². The van der Waals surface area contributed by atoms with Crippen molar-refractivity contribution in [1.29, 1.82) is 0 Å². The number of benzene rings is 1. The number of aromatic nitrogens is 3. The zero-order valence-corrected chi connectivity index (χ0v) is 17.7. The van der Waals surface area contributed by atoms with Crippen molar-refractivity contribution in [2.24, 2.45) is 17.8 Å². The van der Waals surface area contributed by atoms with Crippen LogP contribution in [0, 0.1) is 6.92 Å². The van der Waals surface area contributed by atoms with Gasteiger partial charge < -0.3 is 15.8 Å². The number of amides is 1. The fraction of sp³-hybridized carbons (Fsp3) is 0.130. The van der Waals surface area contributed by atoms with Gasteiger partial charge in [0.2, 0.25) is 0 Å². The lowest BCUT2D eigenvalue weighted by Crippen LogP contribution is -2.23. The molecule has 8 heteroatoms. The maximum atomic E-state index is 12.5. The number of carbonyl (C=O) groups is 1. The third-order valence-electron chi connectivity index (χ3n) is 4.63. The Morgan fingerprint density at radius 3 is 2.71 bits per heavy atom. The van der Waals surface area contributed by atoms with E-state index in [4.69, 9.17) is 10.5 Å². The van der Waals surface area contributed by atoms with Gasteiger partial charge in [-0.3, -0.25) is 14.5 Å². The standard InChI is InChI=1S/C23H24N6O2/c1-15-7-8-25-13-20(15)23(30)28-22(10-24)26-11-16(2)19-9-17(5-6-21(19)31-4)18-12-27-29(3)14-18/h5-14H,2,24H2,1,3-4H3,(H,28,30)/b22-10+,26-11-. The number of pyridine rings is 1. The largest absolute Gasteiger partial charge is 0.496 e. The number of nitrogens with two attached hydrogens (primary N) is 1. The number of nitrogens with one attached hydrogen (secondary N) is 1. The lowest BCUT2D eigenvalue weighted by molar-refractivity contribution is 0.0964. The normalized spacial score (nSPS) is 11.5. The van der Waals surface area contributed by atoms with Crippen molar-refractivity contribution in [3.05, 3.63) is 84.3 Å². The fourth-order valence-electron chi connectivity index (χ4n) is 2.93. The summed E-state index contributed by atoms with van der Waals surface area (Å²) in [7, 11) is 3.45. The molecule has 1 amide bonds. The summed E-state index contributed by atoms with van der Waals surface area (Å²) < 4.78 is 7.21. The summed E-state index contributed by atoms with van der Waals surface area (Å²) in [5.41, 5.74) is 10.2. The van der Waals surface area contributed by atoms with Crippen LogP contribution >= 0.6 is 0 Å². The Bertz CT molecular complexity index is 1180. The zero-order valence-electron chi connectivity index (χ0n) is 17.7. The number of carbonyl (C=O) groups excluding carboxylic acids is 1. The molecule has 0 aliphatic rings. The summed E-state index contributed by atoms with van der Waals surface area (Å²) in [4.78, 5) is 20.7. The molecular weight excluding hydrogens is 392 g/mol. The molecule has 0 aliphatic heterocycles.